The Bertz CT molecular complexity index is 408. The lowest BCUT2D eigenvalue weighted by Crippen LogP contribution is -2.29. The van der Waals surface area contributed by atoms with Gasteiger partial charge >= 0.3 is 6.09 Å². The molecule has 0 spiro atoms. The topological polar surface area (TPSA) is 41.6 Å². The molecule has 1 atom stereocenters. The van der Waals surface area contributed by atoms with E-state index in [2.05, 4.69) is 12.2 Å². The summed E-state index contributed by atoms with van der Waals surface area (Å²) >= 11 is 0. The third-order valence-corrected chi connectivity index (χ3v) is 3.73. The molecule has 0 bridgehead atoms. The number of likely N-dealkylation sites (tertiary alicyclic amines) is 1. The highest BCUT2D eigenvalue weighted by atomic mass is 16.6. The minimum absolute atomic E-state index is 0.181. The van der Waals surface area contributed by atoms with Crippen LogP contribution >= 0.6 is 0 Å². The van der Waals surface area contributed by atoms with Crippen LogP contribution in [-0.2, 0) is 11.3 Å². The second-order valence-corrected chi connectivity index (χ2v) is 5.28. The van der Waals surface area contributed by atoms with E-state index < -0.39 is 0 Å². The maximum atomic E-state index is 12.0. The first-order chi connectivity index (χ1) is 9.79. The first-order valence-corrected chi connectivity index (χ1v) is 7.46. The number of carbonyl (C=O) groups excluding carboxylic acids is 1. The molecular formula is C16H24N2O2. The van der Waals surface area contributed by atoms with E-state index in [9.17, 15) is 4.79 Å². The van der Waals surface area contributed by atoms with Crippen molar-refractivity contribution >= 4 is 6.09 Å². The van der Waals surface area contributed by atoms with Crippen LogP contribution < -0.4 is 5.32 Å². The molecule has 0 unspecified atom stereocenters. The number of amides is 1. The van der Waals surface area contributed by atoms with Crippen molar-refractivity contribution in [2.75, 3.05) is 26.2 Å². The molecule has 1 aromatic rings. The fourth-order valence-electron chi connectivity index (χ4n) is 2.53. The molecule has 1 fully saturated rings. The summed E-state index contributed by atoms with van der Waals surface area (Å²) < 4.78 is 5.36. The van der Waals surface area contributed by atoms with Gasteiger partial charge in [-0.15, -0.1) is 0 Å². The van der Waals surface area contributed by atoms with Gasteiger partial charge in [0.2, 0.25) is 0 Å². The molecule has 0 aliphatic carbocycles. The van der Waals surface area contributed by atoms with Crippen LogP contribution in [0.15, 0.2) is 30.3 Å². The van der Waals surface area contributed by atoms with Gasteiger partial charge in [-0.25, -0.2) is 4.79 Å². The van der Waals surface area contributed by atoms with Gasteiger partial charge in [0.1, 0.15) is 6.61 Å². The second-order valence-electron chi connectivity index (χ2n) is 5.28. The minimum atomic E-state index is -0.181. The summed E-state index contributed by atoms with van der Waals surface area (Å²) in [6, 6.07) is 9.80. The van der Waals surface area contributed by atoms with E-state index in [1.165, 1.54) is 0 Å². The quantitative estimate of drug-likeness (QED) is 0.812. The Morgan fingerprint density at radius 3 is 2.95 bits per heavy atom. The average molecular weight is 276 g/mol. The highest BCUT2D eigenvalue weighted by Crippen LogP contribution is 2.20. The van der Waals surface area contributed by atoms with Crippen LogP contribution in [0.2, 0.25) is 0 Å². The third-order valence-electron chi connectivity index (χ3n) is 3.73. The van der Waals surface area contributed by atoms with Crippen LogP contribution in [0, 0.1) is 5.92 Å². The molecular weight excluding hydrogens is 252 g/mol. The zero-order valence-corrected chi connectivity index (χ0v) is 12.2. The molecule has 4 heteroatoms. The van der Waals surface area contributed by atoms with Crippen molar-refractivity contribution in [1.82, 2.24) is 10.2 Å². The van der Waals surface area contributed by atoms with Crippen LogP contribution in [-0.4, -0.2) is 37.2 Å². The first kappa shape index (κ1) is 14.9. The van der Waals surface area contributed by atoms with Crippen LogP contribution in [0.3, 0.4) is 0 Å². The number of nitrogens with one attached hydrogen (secondary N) is 1. The molecule has 2 rings (SSSR count). The van der Waals surface area contributed by atoms with E-state index in [-0.39, 0.29) is 6.09 Å². The predicted molar refractivity (Wildman–Crippen MR) is 79.5 cm³/mol. The van der Waals surface area contributed by atoms with Gasteiger partial charge in [0, 0.05) is 13.1 Å². The Labute approximate surface area is 121 Å². The van der Waals surface area contributed by atoms with Gasteiger partial charge in [-0.1, -0.05) is 37.3 Å². The lowest BCUT2D eigenvalue weighted by atomic mass is 10.1. The van der Waals surface area contributed by atoms with E-state index in [0.717, 1.165) is 44.6 Å². The molecule has 4 nitrogen and oxygen atoms in total. The Morgan fingerprint density at radius 1 is 1.40 bits per heavy atom. The number of hydrogen-bond acceptors (Lipinski definition) is 3. The van der Waals surface area contributed by atoms with E-state index in [1.807, 2.05) is 35.2 Å². The van der Waals surface area contributed by atoms with Gasteiger partial charge in [-0.05, 0) is 37.4 Å². The SMILES string of the molecule is CCNCC[C@H]1CCN(C(=O)OCc2ccccc2)C1. The maximum absolute atomic E-state index is 12.0. The van der Waals surface area contributed by atoms with Gasteiger partial charge in [-0.3, -0.25) is 0 Å². The van der Waals surface area contributed by atoms with Crippen molar-refractivity contribution in [3.05, 3.63) is 35.9 Å². The summed E-state index contributed by atoms with van der Waals surface area (Å²) in [5.41, 5.74) is 1.03. The Hall–Kier alpha value is -1.55. The van der Waals surface area contributed by atoms with Crippen molar-refractivity contribution in [2.45, 2.75) is 26.4 Å². The fraction of sp³-hybridized carbons (Fsp3) is 0.562. The van der Waals surface area contributed by atoms with Crippen LogP contribution in [0.1, 0.15) is 25.3 Å². The number of nitrogens with zero attached hydrogens (tertiary/aromatic N) is 1. The van der Waals surface area contributed by atoms with Crippen molar-refractivity contribution < 1.29 is 9.53 Å². The molecule has 1 saturated heterocycles. The van der Waals surface area contributed by atoms with Crippen molar-refractivity contribution in [3.63, 3.8) is 0 Å². The summed E-state index contributed by atoms with van der Waals surface area (Å²) in [7, 11) is 0. The van der Waals surface area contributed by atoms with Crippen molar-refractivity contribution in [1.29, 1.82) is 0 Å². The van der Waals surface area contributed by atoms with Gasteiger partial charge in [-0.2, -0.15) is 0 Å². The molecule has 1 aliphatic heterocycles. The molecule has 0 aromatic heterocycles. The second kappa shape index (κ2) is 7.90. The lowest BCUT2D eigenvalue weighted by molar-refractivity contribution is 0.103. The molecule has 1 aromatic carbocycles. The van der Waals surface area contributed by atoms with E-state index in [0.29, 0.717) is 12.5 Å². The van der Waals surface area contributed by atoms with Crippen molar-refractivity contribution in [2.24, 2.45) is 5.92 Å². The maximum Gasteiger partial charge on any atom is 0.410 e. The molecule has 1 heterocycles. The van der Waals surface area contributed by atoms with Gasteiger partial charge < -0.3 is 15.0 Å². The molecule has 1 amide bonds. The summed E-state index contributed by atoms with van der Waals surface area (Å²) in [6.45, 7) is 6.17. The largest absolute Gasteiger partial charge is 0.445 e. The summed E-state index contributed by atoms with van der Waals surface area (Å²) in [5, 5.41) is 3.33. The van der Waals surface area contributed by atoms with Crippen LogP contribution in [0.5, 0.6) is 0 Å². The van der Waals surface area contributed by atoms with Crippen LogP contribution in [0.4, 0.5) is 4.79 Å². The highest BCUT2D eigenvalue weighted by molar-refractivity contribution is 5.68. The molecule has 110 valence electrons. The number of hydrogen-bond donors (Lipinski definition) is 1. The number of carbonyl (C=O) groups is 1. The normalized spacial score (nSPS) is 18.2. The third kappa shape index (κ3) is 4.53. The Balaban J connectivity index is 1.69. The number of benzene rings is 1. The minimum Gasteiger partial charge on any atom is -0.445 e. The number of ether oxygens (including phenoxy) is 1. The van der Waals surface area contributed by atoms with E-state index >= 15 is 0 Å². The fourth-order valence-corrected chi connectivity index (χ4v) is 2.53. The van der Waals surface area contributed by atoms with Gasteiger partial charge in [0.15, 0.2) is 0 Å². The zero-order chi connectivity index (χ0) is 14.2. The molecule has 0 saturated carbocycles. The van der Waals surface area contributed by atoms with Crippen LogP contribution in [0.25, 0.3) is 0 Å². The van der Waals surface area contributed by atoms with E-state index in [4.69, 9.17) is 4.74 Å². The summed E-state index contributed by atoms with van der Waals surface area (Å²) in [6.07, 6.45) is 2.04. The lowest BCUT2D eigenvalue weighted by Gasteiger charge is -2.16. The molecule has 1 aliphatic rings. The standard InChI is InChI=1S/C16H24N2O2/c1-2-17-10-8-14-9-11-18(12-14)16(19)20-13-15-6-4-3-5-7-15/h3-7,14,17H,2,8-13H2,1H3/t14-/m0/s1. The highest BCUT2D eigenvalue weighted by Gasteiger charge is 2.26. The summed E-state index contributed by atoms with van der Waals surface area (Å²) in [5.74, 6) is 0.610. The molecule has 0 radical (unpaired) electrons. The summed E-state index contributed by atoms with van der Waals surface area (Å²) in [4.78, 5) is 13.8. The monoisotopic (exact) mass is 276 g/mol. The predicted octanol–water partition coefficient (Wildman–Crippen LogP) is 2.64. The molecule has 1 N–H and O–H groups in total. The molecule has 20 heavy (non-hydrogen) atoms. The van der Waals surface area contributed by atoms with Gasteiger partial charge in [0.05, 0.1) is 0 Å². The smallest absolute Gasteiger partial charge is 0.410 e. The Kier molecular flexibility index (Phi) is 5.87. The van der Waals surface area contributed by atoms with Crippen molar-refractivity contribution in [3.8, 4) is 0 Å². The van der Waals surface area contributed by atoms with Gasteiger partial charge in [0.25, 0.3) is 0 Å². The zero-order valence-electron chi connectivity index (χ0n) is 12.2. The Morgan fingerprint density at radius 2 is 2.20 bits per heavy atom. The number of rotatable bonds is 6. The average Bonchev–Trinajstić information content (AvgIpc) is 2.95. The first-order valence-electron chi connectivity index (χ1n) is 7.46. The van der Waals surface area contributed by atoms with E-state index in [1.54, 1.807) is 0 Å².